The average Bonchev–Trinajstić information content (AvgIpc) is 2.96. The molecule has 0 rings (SSSR count). The highest BCUT2D eigenvalue weighted by Gasteiger charge is 2.64. The van der Waals surface area contributed by atoms with Gasteiger partial charge in [-0.1, -0.05) is 75.2 Å². The highest BCUT2D eigenvalue weighted by molar-refractivity contribution is 5.75. The first-order valence-electron chi connectivity index (χ1n) is 17.7. The highest BCUT2D eigenvalue weighted by atomic mass is 19.4. The molecule has 0 radical (unpaired) electrons. The first-order chi connectivity index (χ1) is 24.9. The van der Waals surface area contributed by atoms with Crippen LogP contribution in [0.2, 0.25) is 0 Å². The SMILES string of the molecule is CC(=O)OCC(COC(C)=O)OC(C)=O.CC(=O)OCCOC(C)=O.CC(C)(C(F)(F)F)C(F)(F)F.CC(C)(C)C.CC(C)=O.CCC.CCC.CCC(C)=O. The fourth-order valence-electron chi connectivity index (χ4n) is 1.30. The summed E-state index contributed by atoms with van der Waals surface area (Å²) in [5.74, 6) is -1.83. The maximum Gasteiger partial charge on any atom is 0.402 e. The number of ketones is 2. The fourth-order valence-corrected chi connectivity index (χ4v) is 1.30. The summed E-state index contributed by atoms with van der Waals surface area (Å²) in [6, 6.07) is 0. The number of esters is 5. The Morgan fingerprint density at radius 3 is 0.768 bits per heavy atom. The summed E-state index contributed by atoms with van der Waals surface area (Å²) in [6.45, 7) is 30.2. The summed E-state index contributed by atoms with van der Waals surface area (Å²) in [5.41, 5.74) is -3.12. The normalized spacial score (nSPS) is 9.96. The lowest BCUT2D eigenvalue weighted by Gasteiger charge is -2.29. The van der Waals surface area contributed by atoms with Crippen LogP contribution >= 0.6 is 0 Å². The molecule has 0 aromatic carbocycles. The maximum absolute atomic E-state index is 11.6. The summed E-state index contributed by atoms with van der Waals surface area (Å²) in [5, 5.41) is 0. The zero-order chi connectivity index (χ0) is 47.1. The number of Topliss-reactive ketones (excluding diaryl/α,β-unsaturated/α-hetero) is 2. The van der Waals surface area contributed by atoms with E-state index in [1.54, 1.807) is 6.92 Å². The number of halogens is 6. The molecule has 0 amide bonds. The van der Waals surface area contributed by atoms with E-state index in [1.165, 1.54) is 61.3 Å². The number of hydrogen-bond donors (Lipinski definition) is 0. The second-order valence-electron chi connectivity index (χ2n) is 13.5. The third-order valence-corrected chi connectivity index (χ3v) is 3.89. The molecule has 0 aliphatic rings. The molecule has 0 saturated carbocycles. The van der Waals surface area contributed by atoms with E-state index in [-0.39, 0.29) is 63.8 Å². The van der Waals surface area contributed by atoms with Crippen LogP contribution in [0.3, 0.4) is 0 Å². The third kappa shape index (κ3) is 87.9. The van der Waals surface area contributed by atoms with Crippen LogP contribution in [-0.4, -0.2) is 86.3 Å². The molecule has 0 N–H and O–H groups in total. The first-order valence-corrected chi connectivity index (χ1v) is 17.7. The summed E-state index contributed by atoms with van der Waals surface area (Å²) in [7, 11) is 0. The number of carbonyl (C=O) groups excluding carboxylic acids is 7. The van der Waals surface area contributed by atoms with E-state index < -0.39 is 41.8 Å². The zero-order valence-electron chi connectivity index (χ0n) is 37.2. The second-order valence-corrected chi connectivity index (χ2v) is 13.5. The van der Waals surface area contributed by atoms with Gasteiger partial charge in [0.05, 0.1) is 0 Å². The number of alkyl halides is 6. The Bertz CT molecular complexity index is 972. The van der Waals surface area contributed by atoms with Gasteiger partial charge in [-0.15, -0.1) is 0 Å². The van der Waals surface area contributed by atoms with Gasteiger partial charge in [0.15, 0.2) is 11.5 Å². The predicted octanol–water partition coefficient (Wildman–Crippen LogP) is 9.76. The Labute approximate surface area is 331 Å². The van der Waals surface area contributed by atoms with Crippen molar-refractivity contribution in [3.8, 4) is 0 Å². The second kappa shape index (κ2) is 40.9. The Balaban J connectivity index is -0.0000000839. The molecule has 0 aliphatic heterocycles. The molecule has 18 heteroatoms. The van der Waals surface area contributed by atoms with Crippen LogP contribution in [0.1, 0.15) is 151 Å². The van der Waals surface area contributed by atoms with Crippen molar-refractivity contribution >= 4 is 41.4 Å². The summed E-state index contributed by atoms with van der Waals surface area (Å²) >= 11 is 0. The molecule has 0 saturated heterocycles. The number of hydrogen-bond acceptors (Lipinski definition) is 12. The van der Waals surface area contributed by atoms with Gasteiger partial charge in [0.2, 0.25) is 0 Å². The van der Waals surface area contributed by atoms with Gasteiger partial charge >= 0.3 is 42.2 Å². The van der Waals surface area contributed by atoms with Crippen LogP contribution in [0.25, 0.3) is 0 Å². The van der Waals surface area contributed by atoms with Crippen LogP contribution < -0.4 is 0 Å². The summed E-state index contributed by atoms with van der Waals surface area (Å²) < 4.78 is 92.6. The van der Waals surface area contributed by atoms with E-state index in [0.29, 0.717) is 11.8 Å². The van der Waals surface area contributed by atoms with Crippen LogP contribution in [-0.2, 0) is 57.2 Å². The molecule has 12 nitrogen and oxygen atoms in total. The molecule has 0 aromatic rings. The summed E-state index contributed by atoms with van der Waals surface area (Å²) in [4.78, 5) is 71.2. The molecule has 0 heterocycles. The molecule has 0 aromatic heterocycles. The van der Waals surface area contributed by atoms with Crippen molar-refractivity contribution in [2.24, 2.45) is 10.8 Å². The van der Waals surface area contributed by atoms with E-state index in [9.17, 15) is 59.9 Å². The molecular weight excluding hydrogens is 762 g/mol. The monoisotopic (exact) mass is 834 g/mol. The fraction of sp³-hybridized carbons (Fsp3) is 0.816. The number of ether oxygens (including phenoxy) is 5. The van der Waals surface area contributed by atoms with E-state index in [2.05, 4.69) is 74.3 Å². The molecular formula is C38H72F6O12. The Morgan fingerprint density at radius 1 is 0.464 bits per heavy atom. The summed E-state index contributed by atoms with van der Waals surface area (Å²) in [6.07, 6.45) is -8.08. The van der Waals surface area contributed by atoms with Gasteiger partial charge < -0.3 is 33.3 Å². The van der Waals surface area contributed by atoms with Gasteiger partial charge in [-0.3, -0.25) is 24.0 Å². The lowest BCUT2D eigenvalue weighted by Crippen LogP contribution is -2.44. The van der Waals surface area contributed by atoms with Crippen molar-refractivity contribution in [1.82, 2.24) is 0 Å². The topological polar surface area (TPSA) is 166 Å². The molecule has 0 bridgehead atoms. The lowest BCUT2D eigenvalue weighted by atomic mass is 9.92. The van der Waals surface area contributed by atoms with E-state index >= 15 is 0 Å². The van der Waals surface area contributed by atoms with Gasteiger partial charge in [0.1, 0.15) is 38.0 Å². The highest BCUT2D eigenvalue weighted by Crippen LogP contribution is 2.49. The van der Waals surface area contributed by atoms with Crippen LogP contribution in [0.15, 0.2) is 0 Å². The molecule has 56 heavy (non-hydrogen) atoms. The predicted molar refractivity (Wildman–Crippen MR) is 202 cm³/mol. The van der Waals surface area contributed by atoms with Gasteiger partial charge in [0, 0.05) is 41.0 Å². The van der Waals surface area contributed by atoms with Gasteiger partial charge in [-0.25, -0.2) is 0 Å². The Morgan fingerprint density at radius 2 is 0.661 bits per heavy atom. The van der Waals surface area contributed by atoms with Crippen molar-refractivity contribution in [3.63, 3.8) is 0 Å². The minimum Gasteiger partial charge on any atom is -0.462 e. The number of rotatable bonds is 9. The van der Waals surface area contributed by atoms with E-state index in [4.69, 9.17) is 4.74 Å². The van der Waals surface area contributed by atoms with Crippen molar-refractivity contribution in [2.75, 3.05) is 26.4 Å². The quantitative estimate of drug-likeness (QED) is 0.0936. The van der Waals surface area contributed by atoms with Crippen molar-refractivity contribution < 1.29 is 83.6 Å². The van der Waals surface area contributed by atoms with Crippen LogP contribution in [0.5, 0.6) is 0 Å². The van der Waals surface area contributed by atoms with Gasteiger partial charge in [0.25, 0.3) is 0 Å². The average molecular weight is 835 g/mol. The van der Waals surface area contributed by atoms with E-state index in [1.807, 2.05) is 6.92 Å². The Hall–Kier alpha value is -3.73. The minimum absolute atomic E-state index is 0.104. The maximum atomic E-state index is 11.6. The van der Waals surface area contributed by atoms with Gasteiger partial charge in [-0.05, 0) is 40.0 Å². The van der Waals surface area contributed by atoms with E-state index in [0.717, 1.165) is 0 Å². The molecule has 338 valence electrons. The molecule has 0 atom stereocenters. The third-order valence-electron chi connectivity index (χ3n) is 3.89. The van der Waals surface area contributed by atoms with Crippen molar-refractivity contribution in [3.05, 3.63) is 0 Å². The zero-order valence-corrected chi connectivity index (χ0v) is 37.2. The molecule has 0 fully saturated rings. The van der Waals surface area contributed by atoms with Crippen LogP contribution in [0.4, 0.5) is 26.3 Å². The van der Waals surface area contributed by atoms with Crippen LogP contribution in [0, 0.1) is 10.8 Å². The van der Waals surface area contributed by atoms with Crippen molar-refractivity contribution in [2.45, 2.75) is 169 Å². The van der Waals surface area contributed by atoms with Crippen molar-refractivity contribution in [1.29, 1.82) is 0 Å². The molecule has 0 aliphatic carbocycles. The lowest BCUT2D eigenvalue weighted by molar-refractivity contribution is -0.327. The Kier molecular flexibility index (Phi) is 51.2. The van der Waals surface area contributed by atoms with Gasteiger partial charge in [-0.2, -0.15) is 26.3 Å². The first kappa shape index (κ1) is 70.1. The minimum atomic E-state index is -5.24. The molecule has 0 spiro atoms. The largest absolute Gasteiger partial charge is 0.462 e. The smallest absolute Gasteiger partial charge is 0.402 e. The molecule has 0 unspecified atom stereocenters. The standard InChI is InChI=1S/C9H14O6.C6H10O4.C5H6F6.C5H12.C4H8O.C3H6O.2C3H8/c1-6(10)13-4-9(15-8(3)12)5-14-7(2)11;1-5(7)9-3-4-10-6(2)8;1-3(2,4(6,7)8)5(9,10)11;1-5(2,3)4;1-3-4(2)5;1-3(2)4;2*1-3-2/h9H,4-5H2,1-3H3;3-4H2,1-2H3;1-2H3;1-4H3;3H2,1-2H3;1-2H3;2*3H2,1-2H3. The number of carbonyl (C=O) groups is 7.